The van der Waals surface area contributed by atoms with Gasteiger partial charge in [0.25, 0.3) is 11.8 Å². The molecule has 5 rings (SSSR count). The molecule has 4 heterocycles. The third-order valence-electron chi connectivity index (χ3n) is 7.40. The van der Waals surface area contributed by atoms with Gasteiger partial charge in [0.1, 0.15) is 10.9 Å². The molecule has 39 heavy (non-hydrogen) atoms. The number of aryl methyl sites for hydroxylation is 1. The van der Waals surface area contributed by atoms with Gasteiger partial charge in [0.15, 0.2) is 5.92 Å². The standard InChI is InChI=1S/C26H30F3N5O4S/c1-15-21(39-24(31-15)16-7-11-38-12-8-16)23(36)30-13-19(26(27,28)29)22(35)32-20-18-6-3-2-5-17(18)14-33-9-4-10-34(33)25(20)37/h2-3,5-6,16,19-20H,4,7-14H2,1H3,(H,30,36)(H,32,35)/t19-,20+/m1/s1. The average Bonchev–Trinajstić information content (AvgIpc) is 3.51. The van der Waals surface area contributed by atoms with Crippen molar-refractivity contribution in [3.05, 3.63) is 51.0 Å². The summed E-state index contributed by atoms with van der Waals surface area (Å²) in [6.07, 6.45) is -2.68. The molecule has 3 aliphatic rings. The molecule has 3 aliphatic heterocycles. The molecule has 2 saturated heterocycles. The zero-order valence-corrected chi connectivity index (χ0v) is 22.2. The molecule has 3 amide bonds. The maximum Gasteiger partial charge on any atom is 0.402 e. The summed E-state index contributed by atoms with van der Waals surface area (Å²) in [6.45, 7) is 3.37. The number of amides is 3. The van der Waals surface area contributed by atoms with Crippen molar-refractivity contribution in [1.82, 2.24) is 25.6 Å². The van der Waals surface area contributed by atoms with Crippen LogP contribution in [0.4, 0.5) is 13.2 Å². The first-order valence-corrected chi connectivity index (χ1v) is 13.8. The van der Waals surface area contributed by atoms with Gasteiger partial charge in [-0.3, -0.25) is 19.4 Å². The number of hydrazine groups is 1. The number of aromatic nitrogens is 1. The quantitative estimate of drug-likeness (QED) is 0.558. The molecule has 1 aromatic heterocycles. The molecule has 2 fully saturated rings. The molecule has 2 atom stereocenters. The van der Waals surface area contributed by atoms with Crippen molar-refractivity contribution < 1.29 is 32.3 Å². The number of fused-ring (bicyclic) bond motifs is 2. The second-order valence-corrected chi connectivity index (χ2v) is 11.0. The Morgan fingerprint density at radius 2 is 1.95 bits per heavy atom. The van der Waals surface area contributed by atoms with Crippen molar-refractivity contribution in [3.8, 4) is 0 Å². The summed E-state index contributed by atoms with van der Waals surface area (Å²) in [5, 5.41) is 8.74. The van der Waals surface area contributed by atoms with E-state index in [1.54, 1.807) is 31.2 Å². The normalized spacial score (nSPS) is 21.2. The third-order valence-corrected chi connectivity index (χ3v) is 8.72. The fraction of sp³-hybridized carbons (Fsp3) is 0.538. The first-order valence-electron chi connectivity index (χ1n) is 13.0. The highest BCUT2D eigenvalue weighted by molar-refractivity contribution is 7.13. The van der Waals surface area contributed by atoms with Crippen molar-refractivity contribution in [2.24, 2.45) is 5.92 Å². The van der Waals surface area contributed by atoms with Crippen LogP contribution in [0.25, 0.3) is 0 Å². The van der Waals surface area contributed by atoms with Gasteiger partial charge in [-0.1, -0.05) is 24.3 Å². The van der Waals surface area contributed by atoms with Crippen LogP contribution in [0.5, 0.6) is 0 Å². The van der Waals surface area contributed by atoms with Crippen LogP contribution in [0.15, 0.2) is 24.3 Å². The minimum atomic E-state index is -4.94. The van der Waals surface area contributed by atoms with E-state index in [1.807, 2.05) is 5.01 Å². The molecule has 0 spiro atoms. The van der Waals surface area contributed by atoms with E-state index in [-0.39, 0.29) is 10.8 Å². The Morgan fingerprint density at radius 3 is 2.69 bits per heavy atom. The van der Waals surface area contributed by atoms with Gasteiger partial charge >= 0.3 is 6.18 Å². The second-order valence-electron chi connectivity index (χ2n) is 10.0. The van der Waals surface area contributed by atoms with E-state index in [2.05, 4.69) is 15.6 Å². The SMILES string of the molecule is Cc1nc(C2CCOCC2)sc1C(=O)NC[C@H](C(=O)N[C@@H]1C(=O)N2CCCN2Cc2ccccc21)C(F)(F)F. The average molecular weight is 566 g/mol. The van der Waals surface area contributed by atoms with E-state index in [0.717, 1.165) is 41.2 Å². The third kappa shape index (κ3) is 5.80. The second kappa shape index (κ2) is 11.2. The highest BCUT2D eigenvalue weighted by Gasteiger charge is 2.47. The van der Waals surface area contributed by atoms with Gasteiger partial charge in [0, 0.05) is 45.3 Å². The van der Waals surface area contributed by atoms with E-state index < -0.39 is 42.4 Å². The van der Waals surface area contributed by atoms with Gasteiger partial charge in [0.2, 0.25) is 5.91 Å². The molecule has 13 heteroatoms. The zero-order chi connectivity index (χ0) is 27.7. The van der Waals surface area contributed by atoms with Gasteiger partial charge < -0.3 is 15.4 Å². The fourth-order valence-corrected chi connectivity index (χ4v) is 6.43. The van der Waals surface area contributed by atoms with Crippen molar-refractivity contribution in [3.63, 3.8) is 0 Å². The number of rotatable bonds is 6. The van der Waals surface area contributed by atoms with Gasteiger partial charge in [-0.25, -0.2) is 9.99 Å². The molecule has 0 bridgehead atoms. The van der Waals surface area contributed by atoms with Crippen molar-refractivity contribution >= 4 is 29.1 Å². The van der Waals surface area contributed by atoms with Gasteiger partial charge in [-0.15, -0.1) is 11.3 Å². The topological polar surface area (TPSA) is 104 Å². The van der Waals surface area contributed by atoms with E-state index >= 15 is 0 Å². The molecule has 0 unspecified atom stereocenters. The van der Waals surface area contributed by atoms with Crippen LogP contribution in [0, 0.1) is 12.8 Å². The monoisotopic (exact) mass is 565 g/mol. The summed E-state index contributed by atoms with van der Waals surface area (Å²) in [5.41, 5.74) is 1.66. The smallest absolute Gasteiger partial charge is 0.381 e. The lowest BCUT2D eigenvalue weighted by atomic mass is 9.98. The minimum Gasteiger partial charge on any atom is -0.381 e. The van der Waals surface area contributed by atoms with Gasteiger partial charge in [0.05, 0.1) is 10.7 Å². The van der Waals surface area contributed by atoms with Crippen LogP contribution >= 0.6 is 11.3 Å². The summed E-state index contributed by atoms with van der Waals surface area (Å²) in [7, 11) is 0. The number of halogens is 3. The molecule has 0 aliphatic carbocycles. The van der Waals surface area contributed by atoms with E-state index in [0.29, 0.717) is 44.1 Å². The first kappa shape index (κ1) is 27.5. The van der Waals surface area contributed by atoms with Crippen LogP contribution in [0.3, 0.4) is 0 Å². The lowest BCUT2D eigenvalue weighted by Gasteiger charge is -2.28. The number of carbonyl (C=O) groups is 3. The van der Waals surface area contributed by atoms with Crippen LogP contribution < -0.4 is 10.6 Å². The summed E-state index contributed by atoms with van der Waals surface area (Å²) in [6, 6.07) is 5.66. The number of ether oxygens (including phenoxy) is 1. The Balaban J connectivity index is 1.31. The molecule has 2 N–H and O–H groups in total. The maximum atomic E-state index is 14.1. The predicted molar refractivity (Wildman–Crippen MR) is 136 cm³/mol. The molecular weight excluding hydrogens is 535 g/mol. The number of carbonyl (C=O) groups excluding carboxylic acids is 3. The lowest BCUT2D eigenvalue weighted by molar-refractivity contribution is -0.182. The highest BCUT2D eigenvalue weighted by Crippen LogP contribution is 2.33. The number of benzene rings is 1. The Kier molecular flexibility index (Phi) is 7.92. The largest absolute Gasteiger partial charge is 0.402 e. The summed E-state index contributed by atoms with van der Waals surface area (Å²) >= 11 is 1.16. The van der Waals surface area contributed by atoms with Crippen LogP contribution in [-0.2, 0) is 20.9 Å². The molecule has 0 saturated carbocycles. The Morgan fingerprint density at radius 1 is 1.21 bits per heavy atom. The first-order chi connectivity index (χ1) is 18.6. The number of nitrogens with zero attached hydrogens (tertiary/aromatic N) is 3. The number of thiazole rings is 1. The van der Waals surface area contributed by atoms with Crippen molar-refractivity contribution in [2.45, 2.75) is 50.9 Å². The molecule has 1 aromatic carbocycles. The summed E-state index contributed by atoms with van der Waals surface area (Å²) in [5.74, 6) is -4.95. The zero-order valence-electron chi connectivity index (χ0n) is 21.4. The Labute approximate surface area is 227 Å². The van der Waals surface area contributed by atoms with E-state index in [4.69, 9.17) is 4.74 Å². The molecule has 2 aromatic rings. The highest BCUT2D eigenvalue weighted by atomic mass is 32.1. The Hall–Kier alpha value is -3.03. The number of alkyl halides is 3. The molecule has 0 radical (unpaired) electrons. The number of hydrogen-bond donors (Lipinski definition) is 2. The van der Waals surface area contributed by atoms with E-state index in [9.17, 15) is 27.6 Å². The van der Waals surface area contributed by atoms with Gasteiger partial charge in [-0.2, -0.15) is 13.2 Å². The molecule has 9 nitrogen and oxygen atoms in total. The summed E-state index contributed by atoms with van der Waals surface area (Å²) < 4.78 is 47.5. The predicted octanol–water partition coefficient (Wildman–Crippen LogP) is 3.07. The van der Waals surface area contributed by atoms with Crippen molar-refractivity contribution in [2.75, 3.05) is 32.8 Å². The minimum absolute atomic E-state index is 0.143. The number of hydrogen-bond acceptors (Lipinski definition) is 7. The van der Waals surface area contributed by atoms with Crippen molar-refractivity contribution in [1.29, 1.82) is 0 Å². The molecule has 210 valence electrons. The van der Waals surface area contributed by atoms with Crippen LogP contribution in [0.2, 0.25) is 0 Å². The summed E-state index contributed by atoms with van der Waals surface area (Å²) in [4.78, 5) is 43.9. The van der Waals surface area contributed by atoms with Gasteiger partial charge in [-0.05, 0) is 37.3 Å². The maximum absolute atomic E-state index is 14.1. The molecular formula is C26H30F3N5O4S. The fourth-order valence-electron chi connectivity index (χ4n) is 5.28. The van der Waals surface area contributed by atoms with Crippen LogP contribution in [-0.4, -0.2) is 71.7 Å². The number of nitrogens with one attached hydrogen (secondary N) is 2. The Bertz CT molecular complexity index is 1250. The lowest BCUT2D eigenvalue weighted by Crippen LogP contribution is -2.50. The van der Waals surface area contributed by atoms with Crippen LogP contribution in [0.1, 0.15) is 62.7 Å². The van der Waals surface area contributed by atoms with E-state index in [1.165, 1.54) is 5.01 Å².